The van der Waals surface area contributed by atoms with Crippen molar-refractivity contribution in [3.05, 3.63) is 35.5 Å². The molecule has 1 fully saturated rings. The third-order valence-corrected chi connectivity index (χ3v) is 3.40. The van der Waals surface area contributed by atoms with E-state index in [2.05, 4.69) is 20.8 Å². The van der Waals surface area contributed by atoms with E-state index < -0.39 is 5.91 Å². The molecule has 1 unspecified atom stereocenters. The molecule has 1 aliphatic rings. The van der Waals surface area contributed by atoms with Crippen LogP contribution in [-0.4, -0.2) is 27.7 Å². The smallest absolute Gasteiger partial charge is 0.297 e. The summed E-state index contributed by atoms with van der Waals surface area (Å²) in [5.74, 6) is -0.134. The fourth-order valence-electron chi connectivity index (χ4n) is 2.29. The molecule has 1 aromatic carbocycles. The third-order valence-electron chi connectivity index (χ3n) is 3.40. The summed E-state index contributed by atoms with van der Waals surface area (Å²) in [5.41, 5.74) is 1.25. The number of hydrogen-bond donors (Lipinski definition) is 3. The summed E-state index contributed by atoms with van der Waals surface area (Å²) >= 11 is 0. The maximum absolute atomic E-state index is 12.1. The van der Waals surface area contributed by atoms with Crippen molar-refractivity contribution in [2.24, 2.45) is 0 Å². The van der Waals surface area contributed by atoms with Gasteiger partial charge in [0.2, 0.25) is 5.89 Å². The topological polar surface area (TPSA) is 100 Å². The molecule has 21 heavy (non-hydrogen) atoms. The van der Waals surface area contributed by atoms with E-state index in [0.29, 0.717) is 11.6 Å². The van der Waals surface area contributed by atoms with Gasteiger partial charge in [-0.3, -0.25) is 4.79 Å². The molecule has 2 heterocycles. The van der Waals surface area contributed by atoms with Crippen LogP contribution >= 0.6 is 0 Å². The summed E-state index contributed by atoms with van der Waals surface area (Å²) in [6.45, 7) is 2.78. The Morgan fingerprint density at radius 1 is 1.52 bits per heavy atom. The summed E-state index contributed by atoms with van der Waals surface area (Å²) in [6.07, 6.45) is 1.97. The molecule has 3 rings (SSSR count). The van der Waals surface area contributed by atoms with Crippen LogP contribution < -0.4 is 10.6 Å². The van der Waals surface area contributed by atoms with Gasteiger partial charge in [0.05, 0.1) is 11.7 Å². The van der Waals surface area contributed by atoms with Gasteiger partial charge in [-0.2, -0.15) is 4.98 Å². The zero-order valence-corrected chi connectivity index (χ0v) is 11.6. The molecule has 7 heteroatoms. The van der Waals surface area contributed by atoms with E-state index >= 15 is 0 Å². The van der Waals surface area contributed by atoms with Crippen LogP contribution in [0.1, 0.15) is 41.0 Å². The van der Waals surface area contributed by atoms with Gasteiger partial charge in [0.25, 0.3) is 11.7 Å². The lowest BCUT2D eigenvalue weighted by molar-refractivity contribution is 0.101. The molecule has 0 spiro atoms. The first-order valence-electron chi connectivity index (χ1n) is 6.81. The summed E-state index contributed by atoms with van der Waals surface area (Å²) < 4.78 is 5.11. The second-order valence-electron chi connectivity index (χ2n) is 5.08. The molecule has 0 radical (unpaired) electrons. The Bertz CT molecular complexity index is 662. The molecule has 1 aliphatic heterocycles. The highest BCUT2D eigenvalue weighted by atomic mass is 16.5. The van der Waals surface area contributed by atoms with E-state index in [1.165, 1.54) is 6.07 Å². The number of benzene rings is 1. The minimum Gasteiger partial charge on any atom is -0.506 e. The number of nitrogens with one attached hydrogen (secondary N) is 2. The maximum atomic E-state index is 12.1. The van der Waals surface area contributed by atoms with Gasteiger partial charge in [0, 0.05) is 0 Å². The van der Waals surface area contributed by atoms with Gasteiger partial charge in [-0.05, 0) is 44.0 Å². The average molecular weight is 288 g/mol. The first-order chi connectivity index (χ1) is 10.1. The van der Waals surface area contributed by atoms with E-state index in [4.69, 9.17) is 4.52 Å². The highest BCUT2D eigenvalue weighted by Gasteiger charge is 2.24. The van der Waals surface area contributed by atoms with Crippen LogP contribution in [0.5, 0.6) is 5.75 Å². The number of aryl methyl sites for hydroxylation is 1. The molecule has 1 aromatic heterocycles. The molecule has 0 saturated carbocycles. The Kier molecular flexibility index (Phi) is 3.57. The number of amides is 1. The number of aromatic nitrogens is 2. The fraction of sp³-hybridized carbons (Fsp3) is 0.357. The van der Waals surface area contributed by atoms with Crippen molar-refractivity contribution in [3.8, 4) is 5.75 Å². The van der Waals surface area contributed by atoms with E-state index in [1.54, 1.807) is 12.1 Å². The highest BCUT2D eigenvalue weighted by Crippen LogP contribution is 2.25. The maximum Gasteiger partial charge on any atom is 0.297 e. The van der Waals surface area contributed by atoms with Crippen LogP contribution in [0.4, 0.5) is 5.69 Å². The lowest BCUT2D eigenvalue weighted by atomic mass is 10.2. The monoisotopic (exact) mass is 288 g/mol. The van der Waals surface area contributed by atoms with Crippen LogP contribution in [-0.2, 0) is 0 Å². The molecule has 1 saturated heterocycles. The zero-order chi connectivity index (χ0) is 14.8. The van der Waals surface area contributed by atoms with E-state index in [1.807, 2.05) is 6.92 Å². The van der Waals surface area contributed by atoms with Gasteiger partial charge in [0.1, 0.15) is 5.75 Å². The number of anilines is 1. The van der Waals surface area contributed by atoms with Crippen LogP contribution in [0.3, 0.4) is 0 Å². The predicted molar refractivity (Wildman–Crippen MR) is 75.1 cm³/mol. The normalized spacial score (nSPS) is 17.9. The van der Waals surface area contributed by atoms with Crippen molar-refractivity contribution < 1.29 is 14.4 Å². The summed E-state index contributed by atoms with van der Waals surface area (Å²) in [6, 6.07) is 4.97. The van der Waals surface area contributed by atoms with Crippen molar-refractivity contribution in [1.29, 1.82) is 0 Å². The minimum absolute atomic E-state index is 0.00451. The molecule has 0 aliphatic carbocycles. The van der Waals surface area contributed by atoms with Crippen molar-refractivity contribution in [2.45, 2.75) is 25.8 Å². The molecule has 1 amide bonds. The van der Waals surface area contributed by atoms with Gasteiger partial charge in [-0.1, -0.05) is 11.2 Å². The Labute approximate surface area is 121 Å². The fourth-order valence-corrected chi connectivity index (χ4v) is 2.29. The Morgan fingerprint density at radius 3 is 3.14 bits per heavy atom. The third kappa shape index (κ3) is 2.87. The van der Waals surface area contributed by atoms with E-state index in [-0.39, 0.29) is 17.6 Å². The number of nitrogens with zero attached hydrogens (tertiary/aromatic N) is 2. The second-order valence-corrected chi connectivity index (χ2v) is 5.08. The van der Waals surface area contributed by atoms with Crippen molar-refractivity contribution in [1.82, 2.24) is 15.5 Å². The Balaban J connectivity index is 1.74. The second kappa shape index (κ2) is 5.53. The van der Waals surface area contributed by atoms with Crippen LogP contribution in [0.25, 0.3) is 0 Å². The quantitative estimate of drug-likeness (QED) is 0.744. The van der Waals surface area contributed by atoms with E-state index in [9.17, 15) is 9.90 Å². The molecule has 0 bridgehead atoms. The lowest BCUT2D eigenvalue weighted by Gasteiger charge is -2.06. The molecule has 2 aromatic rings. The van der Waals surface area contributed by atoms with E-state index in [0.717, 1.165) is 24.9 Å². The first-order valence-corrected chi connectivity index (χ1v) is 6.81. The predicted octanol–water partition coefficient (Wildman–Crippen LogP) is 1.76. The van der Waals surface area contributed by atoms with Crippen LogP contribution in [0.15, 0.2) is 22.7 Å². The minimum atomic E-state index is -0.510. The molecular weight excluding hydrogens is 272 g/mol. The van der Waals surface area contributed by atoms with Gasteiger partial charge in [-0.15, -0.1) is 0 Å². The number of phenolic OH excluding ortho intramolecular Hbond substituents is 1. The number of rotatable bonds is 3. The van der Waals surface area contributed by atoms with Gasteiger partial charge >= 0.3 is 0 Å². The zero-order valence-electron chi connectivity index (χ0n) is 11.6. The van der Waals surface area contributed by atoms with Crippen molar-refractivity contribution in [2.75, 3.05) is 11.9 Å². The SMILES string of the molecule is Cc1ccc(O)c(NC(=O)c2noc(C3CCCN3)n2)c1. The number of aromatic hydroxyl groups is 1. The molecule has 1 atom stereocenters. The number of carbonyl (C=O) groups excluding carboxylic acids is 1. The van der Waals surface area contributed by atoms with Gasteiger partial charge in [-0.25, -0.2) is 0 Å². The summed E-state index contributed by atoms with van der Waals surface area (Å²) in [4.78, 5) is 16.2. The Morgan fingerprint density at radius 2 is 2.38 bits per heavy atom. The largest absolute Gasteiger partial charge is 0.506 e. The molecular formula is C14H16N4O3. The molecule has 3 N–H and O–H groups in total. The molecule has 7 nitrogen and oxygen atoms in total. The number of phenols is 1. The van der Waals surface area contributed by atoms with Gasteiger partial charge < -0.3 is 20.3 Å². The lowest BCUT2D eigenvalue weighted by Crippen LogP contribution is -2.16. The number of carbonyl (C=O) groups is 1. The summed E-state index contributed by atoms with van der Waals surface area (Å²) in [7, 11) is 0. The Hall–Kier alpha value is -2.41. The van der Waals surface area contributed by atoms with Crippen LogP contribution in [0.2, 0.25) is 0 Å². The van der Waals surface area contributed by atoms with Crippen LogP contribution in [0, 0.1) is 6.92 Å². The summed E-state index contributed by atoms with van der Waals surface area (Å²) in [5, 5.41) is 19.2. The number of hydrogen-bond acceptors (Lipinski definition) is 6. The van der Waals surface area contributed by atoms with Crippen molar-refractivity contribution >= 4 is 11.6 Å². The molecule has 110 valence electrons. The highest BCUT2D eigenvalue weighted by molar-refractivity contribution is 6.02. The van der Waals surface area contributed by atoms with Gasteiger partial charge in [0.15, 0.2) is 0 Å². The first kappa shape index (κ1) is 13.6. The standard InChI is InChI=1S/C14H16N4O3/c1-8-4-5-11(19)10(7-8)16-13(20)12-17-14(21-18-12)9-3-2-6-15-9/h4-5,7,9,15,19H,2-3,6H2,1H3,(H,16,20). The average Bonchev–Trinajstić information content (AvgIpc) is 3.12. The van der Waals surface area contributed by atoms with Crippen molar-refractivity contribution in [3.63, 3.8) is 0 Å².